The van der Waals surface area contributed by atoms with Gasteiger partial charge >= 0.3 is 0 Å². The molecular weight excluding hydrogens is 358 g/mol. The summed E-state index contributed by atoms with van der Waals surface area (Å²) in [4.78, 5) is 19.1. The topological polar surface area (TPSA) is 45.2 Å². The van der Waals surface area contributed by atoms with Gasteiger partial charge in [-0.3, -0.25) is 4.79 Å². The van der Waals surface area contributed by atoms with Crippen LogP contribution >= 0.6 is 11.6 Å². The maximum Gasteiger partial charge on any atom is 0.223 e. The number of aromatic nitrogens is 1. The largest absolute Gasteiger partial charge is 0.378 e. The van der Waals surface area contributed by atoms with Gasteiger partial charge < -0.3 is 10.2 Å². The van der Waals surface area contributed by atoms with Crippen LogP contribution in [0.2, 0.25) is 5.15 Å². The molecule has 27 heavy (non-hydrogen) atoms. The number of fused-ring (bicyclic) bond motifs is 2. The average molecular weight is 378 g/mol. The second-order valence-corrected chi connectivity index (χ2v) is 7.65. The fourth-order valence-electron chi connectivity index (χ4n) is 4.37. The van der Waals surface area contributed by atoms with Crippen LogP contribution in [0.4, 0.5) is 5.69 Å². The van der Waals surface area contributed by atoms with Gasteiger partial charge in [-0.1, -0.05) is 48.0 Å². The number of amides is 1. The zero-order valence-corrected chi connectivity index (χ0v) is 15.6. The number of carbonyl (C=O) groups is 1. The van der Waals surface area contributed by atoms with Crippen LogP contribution in [0, 0.1) is 0 Å². The number of rotatable bonds is 2. The smallest absolute Gasteiger partial charge is 0.223 e. The molecule has 0 radical (unpaired) electrons. The fraction of sp³-hybridized carbons (Fsp3) is 0.273. The summed E-state index contributed by atoms with van der Waals surface area (Å²) in [7, 11) is 0. The molecule has 1 N–H and O–H groups in total. The molecule has 1 aromatic heterocycles. The van der Waals surface area contributed by atoms with Crippen LogP contribution in [0.1, 0.15) is 42.5 Å². The van der Waals surface area contributed by atoms with Crippen molar-refractivity contribution in [3.8, 4) is 0 Å². The van der Waals surface area contributed by atoms with Crippen LogP contribution < -0.4 is 5.32 Å². The Balaban J connectivity index is 1.58. The molecule has 4 nitrogen and oxygen atoms in total. The minimum atomic E-state index is 0.0166. The van der Waals surface area contributed by atoms with E-state index >= 15 is 0 Å². The van der Waals surface area contributed by atoms with Gasteiger partial charge in [-0.15, -0.1) is 0 Å². The van der Waals surface area contributed by atoms with Gasteiger partial charge in [0.05, 0.1) is 17.6 Å². The number of benzene rings is 2. The van der Waals surface area contributed by atoms with E-state index in [1.54, 1.807) is 0 Å². The minimum absolute atomic E-state index is 0.0166. The van der Waals surface area contributed by atoms with Gasteiger partial charge in [0.15, 0.2) is 0 Å². The quantitative estimate of drug-likeness (QED) is 0.631. The van der Waals surface area contributed by atoms with Crippen LogP contribution in [0.15, 0.2) is 54.6 Å². The predicted molar refractivity (Wildman–Crippen MR) is 108 cm³/mol. The molecule has 2 aliphatic rings. The number of hydrogen-bond acceptors (Lipinski definition) is 3. The number of pyridine rings is 1. The van der Waals surface area contributed by atoms with E-state index in [4.69, 9.17) is 11.6 Å². The van der Waals surface area contributed by atoms with Crippen molar-refractivity contribution in [2.24, 2.45) is 0 Å². The third-order valence-electron chi connectivity index (χ3n) is 5.67. The summed E-state index contributed by atoms with van der Waals surface area (Å²) in [5.74, 6) is 0.248. The van der Waals surface area contributed by atoms with Crippen molar-refractivity contribution in [3.05, 3.63) is 70.9 Å². The van der Waals surface area contributed by atoms with E-state index < -0.39 is 0 Å². The van der Waals surface area contributed by atoms with E-state index in [9.17, 15) is 4.79 Å². The Morgan fingerprint density at radius 2 is 1.89 bits per heavy atom. The van der Waals surface area contributed by atoms with E-state index in [0.29, 0.717) is 11.6 Å². The lowest BCUT2D eigenvalue weighted by Gasteiger charge is -2.38. The van der Waals surface area contributed by atoms with Crippen LogP contribution in [0.3, 0.4) is 0 Å². The Morgan fingerprint density at radius 1 is 1.07 bits per heavy atom. The second kappa shape index (κ2) is 6.54. The maximum atomic E-state index is 12.4. The first-order valence-electron chi connectivity index (χ1n) is 9.41. The highest BCUT2D eigenvalue weighted by Gasteiger charge is 2.36. The van der Waals surface area contributed by atoms with E-state index in [1.807, 2.05) is 35.2 Å². The van der Waals surface area contributed by atoms with Gasteiger partial charge in [-0.25, -0.2) is 4.98 Å². The minimum Gasteiger partial charge on any atom is -0.378 e. The zero-order chi connectivity index (χ0) is 18.4. The fourth-order valence-corrected chi connectivity index (χ4v) is 4.64. The van der Waals surface area contributed by atoms with Crippen LogP contribution in [-0.2, 0) is 4.79 Å². The van der Waals surface area contributed by atoms with Gasteiger partial charge in [0.1, 0.15) is 5.15 Å². The number of nitrogens with one attached hydrogen (secondary N) is 1. The lowest BCUT2D eigenvalue weighted by atomic mass is 9.88. The lowest BCUT2D eigenvalue weighted by Crippen LogP contribution is -2.35. The number of nitrogens with zero attached hydrogens (tertiary/aromatic N) is 2. The van der Waals surface area contributed by atoms with Crippen molar-refractivity contribution in [3.63, 3.8) is 0 Å². The molecule has 5 rings (SSSR count). The van der Waals surface area contributed by atoms with E-state index in [0.717, 1.165) is 41.5 Å². The third-order valence-corrected chi connectivity index (χ3v) is 5.98. The highest BCUT2D eigenvalue weighted by Crippen LogP contribution is 2.44. The van der Waals surface area contributed by atoms with Crippen LogP contribution in [0.5, 0.6) is 0 Å². The second-order valence-electron chi connectivity index (χ2n) is 7.29. The summed E-state index contributed by atoms with van der Waals surface area (Å²) in [6.45, 7) is 0.828. The maximum absolute atomic E-state index is 12.4. The van der Waals surface area contributed by atoms with Crippen LogP contribution in [-0.4, -0.2) is 22.3 Å². The first kappa shape index (κ1) is 16.6. The highest BCUT2D eigenvalue weighted by atomic mass is 35.5. The molecule has 1 fully saturated rings. The Kier molecular flexibility index (Phi) is 4.01. The monoisotopic (exact) mass is 377 g/mol. The Labute approximate surface area is 163 Å². The van der Waals surface area contributed by atoms with E-state index in [2.05, 4.69) is 34.6 Å². The molecule has 1 saturated heterocycles. The first-order valence-corrected chi connectivity index (χ1v) is 9.78. The normalized spacial score (nSPS) is 22.0. The van der Waals surface area contributed by atoms with Crippen molar-refractivity contribution in [2.45, 2.75) is 31.3 Å². The Bertz CT molecular complexity index is 1030. The summed E-state index contributed by atoms with van der Waals surface area (Å²) < 4.78 is 0. The SMILES string of the molecule is O=C1CCCN1[C@H]1C[C@@H](c2cc3ccccc3nc2Cl)Nc2ccccc21. The summed E-state index contributed by atoms with van der Waals surface area (Å²) in [5.41, 5.74) is 4.15. The van der Waals surface area contributed by atoms with Gasteiger partial charge in [0, 0.05) is 29.6 Å². The molecule has 2 aromatic carbocycles. The number of likely N-dealkylation sites (tertiary alicyclic amines) is 1. The van der Waals surface area contributed by atoms with Gasteiger partial charge in [0.25, 0.3) is 0 Å². The highest BCUT2D eigenvalue weighted by molar-refractivity contribution is 6.30. The van der Waals surface area contributed by atoms with Gasteiger partial charge in [-0.05, 0) is 36.6 Å². The molecule has 0 saturated carbocycles. The molecule has 0 aliphatic carbocycles. The molecule has 0 spiro atoms. The summed E-state index contributed by atoms with van der Waals surface area (Å²) in [5, 5.41) is 5.23. The molecule has 3 aromatic rings. The molecule has 3 heterocycles. The van der Waals surface area contributed by atoms with Crippen molar-refractivity contribution in [1.29, 1.82) is 0 Å². The first-order chi connectivity index (χ1) is 13.2. The molecule has 0 bridgehead atoms. The predicted octanol–water partition coefficient (Wildman–Crippen LogP) is 5.11. The van der Waals surface area contributed by atoms with Crippen molar-refractivity contribution in [1.82, 2.24) is 9.88 Å². The molecule has 2 aliphatic heterocycles. The van der Waals surface area contributed by atoms with E-state index in [1.165, 1.54) is 5.56 Å². The lowest BCUT2D eigenvalue weighted by molar-refractivity contribution is -0.130. The molecule has 1 amide bonds. The van der Waals surface area contributed by atoms with Crippen LogP contribution in [0.25, 0.3) is 10.9 Å². The standard InChI is InChI=1S/C22H20ClN3O/c23-22-16(12-14-6-1-3-8-17(14)25-22)19-13-20(26-11-5-10-21(26)27)15-7-2-4-9-18(15)24-19/h1-4,6-9,12,19-20,24H,5,10-11,13H2/t19-,20-/m0/s1. The number of halogens is 1. The molecular formula is C22H20ClN3O. The summed E-state index contributed by atoms with van der Waals surface area (Å²) in [6.07, 6.45) is 2.38. The molecule has 2 atom stereocenters. The van der Waals surface area contributed by atoms with Crippen molar-refractivity contribution < 1.29 is 4.79 Å². The number of anilines is 1. The number of para-hydroxylation sites is 2. The Morgan fingerprint density at radius 3 is 2.74 bits per heavy atom. The number of carbonyl (C=O) groups excluding carboxylic acids is 1. The molecule has 5 heteroatoms. The molecule has 0 unspecified atom stereocenters. The summed E-state index contributed by atoms with van der Waals surface area (Å²) in [6, 6.07) is 18.5. The van der Waals surface area contributed by atoms with Gasteiger partial charge in [0.2, 0.25) is 5.91 Å². The van der Waals surface area contributed by atoms with E-state index in [-0.39, 0.29) is 18.0 Å². The van der Waals surface area contributed by atoms with Crippen molar-refractivity contribution >= 4 is 34.1 Å². The Hall–Kier alpha value is -2.59. The molecule has 136 valence electrons. The van der Waals surface area contributed by atoms with Crippen molar-refractivity contribution in [2.75, 3.05) is 11.9 Å². The zero-order valence-electron chi connectivity index (χ0n) is 14.9. The third kappa shape index (κ3) is 2.85. The summed E-state index contributed by atoms with van der Waals surface area (Å²) >= 11 is 6.57. The average Bonchev–Trinajstić information content (AvgIpc) is 3.12. The number of hydrogen-bond donors (Lipinski definition) is 1. The van der Waals surface area contributed by atoms with Gasteiger partial charge in [-0.2, -0.15) is 0 Å².